The predicted octanol–water partition coefficient (Wildman–Crippen LogP) is 4.95. The van der Waals surface area contributed by atoms with Gasteiger partial charge < -0.3 is 15.1 Å². The van der Waals surface area contributed by atoms with Crippen molar-refractivity contribution < 1.29 is 33.0 Å². The highest BCUT2D eigenvalue weighted by Gasteiger charge is 2.38. The standard InChI is InChI=1S/C20H26N4O2S.C2HF3O2/c25-20(26)18-19(22-23-21-18)27-17-10-6-15(7-11-17)14-4-8-16(9-5-14)24-12-2-1-3-13-24;3-2(4,5)1(6)7/h4-5,8-9,15,17H,1-3,6-7,10-13H2,(H,25,26)(H,21,22,23);(H,6,7)/t15-,17-;. The van der Waals surface area contributed by atoms with E-state index in [2.05, 4.69) is 44.6 Å². The minimum absolute atomic E-state index is 0.107. The Morgan fingerprint density at radius 2 is 1.59 bits per heavy atom. The number of carboxylic acid groups (broad SMARTS) is 2. The van der Waals surface area contributed by atoms with Crippen LogP contribution in [0.5, 0.6) is 0 Å². The monoisotopic (exact) mass is 500 g/mol. The zero-order valence-corrected chi connectivity index (χ0v) is 19.2. The van der Waals surface area contributed by atoms with Gasteiger partial charge in [-0.15, -0.1) is 5.10 Å². The van der Waals surface area contributed by atoms with Crippen LogP contribution >= 0.6 is 11.8 Å². The highest BCUT2D eigenvalue weighted by molar-refractivity contribution is 7.99. The van der Waals surface area contributed by atoms with Gasteiger partial charge in [-0.25, -0.2) is 9.59 Å². The molecule has 186 valence electrons. The average molecular weight is 501 g/mol. The zero-order valence-electron chi connectivity index (χ0n) is 18.4. The molecule has 0 spiro atoms. The van der Waals surface area contributed by atoms with Crippen molar-refractivity contribution in [3.8, 4) is 0 Å². The Labute approximate surface area is 198 Å². The minimum Gasteiger partial charge on any atom is -0.476 e. The Bertz CT molecular complexity index is 954. The van der Waals surface area contributed by atoms with Gasteiger partial charge in [-0.3, -0.25) is 5.10 Å². The number of benzene rings is 1. The van der Waals surface area contributed by atoms with Crippen molar-refractivity contribution in [2.24, 2.45) is 0 Å². The van der Waals surface area contributed by atoms with Crippen molar-refractivity contribution in [3.05, 3.63) is 35.5 Å². The number of halogens is 3. The number of hydrogen-bond donors (Lipinski definition) is 3. The largest absolute Gasteiger partial charge is 0.490 e. The molecule has 0 atom stereocenters. The number of carboxylic acids is 2. The van der Waals surface area contributed by atoms with E-state index < -0.39 is 18.1 Å². The first-order valence-corrected chi connectivity index (χ1v) is 12.0. The van der Waals surface area contributed by atoms with E-state index >= 15 is 0 Å². The molecule has 8 nitrogen and oxygen atoms in total. The molecule has 0 unspecified atom stereocenters. The van der Waals surface area contributed by atoms with Crippen molar-refractivity contribution in [1.82, 2.24) is 15.4 Å². The Morgan fingerprint density at radius 1 is 1.00 bits per heavy atom. The van der Waals surface area contributed by atoms with Gasteiger partial charge in [0.2, 0.25) is 0 Å². The lowest BCUT2D eigenvalue weighted by molar-refractivity contribution is -0.192. The number of piperidine rings is 1. The van der Waals surface area contributed by atoms with Crippen LogP contribution < -0.4 is 4.90 Å². The van der Waals surface area contributed by atoms with Gasteiger partial charge in [0.1, 0.15) is 0 Å². The minimum atomic E-state index is -5.08. The topological polar surface area (TPSA) is 119 Å². The average Bonchev–Trinajstić information content (AvgIpc) is 3.29. The number of H-pyrrole nitrogens is 1. The molecule has 1 aliphatic carbocycles. The lowest BCUT2D eigenvalue weighted by atomic mass is 9.84. The molecule has 4 rings (SSSR count). The maximum Gasteiger partial charge on any atom is 0.490 e. The third-order valence-electron chi connectivity index (χ3n) is 6.01. The number of aromatic nitrogens is 3. The van der Waals surface area contributed by atoms with Gasteiger partial charge in [0.05, 0.1) is 0 Å². The lowest BCUT2D eigenvalue weighted by Crippen LogP contribution is -2.29. The Morgan fingerprint density at radius 3 is 2.12 bits per heavy atom. The molecule has 1 saturated heterocycles. The number of anilines is 1. The first-order chi connectivity index (χ1) is 16.1. The van der Waals surface area contributed by atoms with Gasteiger partial charge in [-0.05, 0) is 68.6 Å². The van der Waals surface area contributed by atoms with Gasteiger partial charge in [-0.2, -0.15) is 13.2 Å². The summed E-state index contributed by atoms with van der Waals surface area (Å²) in [5.74, 6) is -3.15. The number of nitrogens with one attached hydrogen (secondary N) is 1. The Balaban J connectivity index is 0.000000406. The summed E-state index contributed by atoms with van der Waals surface area (Å²) in [5, 5.41) is 27.3. The summed E-state index contributed by atoms with van der Waals surface area (Å²) in [6, 6.07) is 9.19. The molecule has 1 aromatic heterocycles. The highest BCUT2D eigenvalue weighted by Crippen LogP contribution is 2.40. The summed E-state index contributed by atoms with van der Waals surface area (Å²) in [4.78, 5) is 22.6. The summed E-state index contributed by atoms with van der Waals surface area (Å²) >= 11 is 1.55. The van der Waals surface area contributed by atoms with Gasteiger partial charge in [0.25, 0.3) is 0 Å². The third kappa shape index (κ3) is 7.12. The van der Waals surface area contributed by atoms with E-state index in [9.17, 15) is 18.0 Å². The second-order valence-electron chi connectivity index (χ2n) is 8.33. The number of aromatic carboxylic acids is 1. The first-order valence-electron chi connectivity index (χ1n) is 11.1. The van der Waals surface area contributed by atoms with E-state index in [1.165, 1.54) is 43.6 Å². The predicted molar refractivity (Wildman–Crippen MR) is 120 cm³/mol. The maximum atomic E-state index is 11.2. The second-order valence-corrected chi connectivity index (χ2v) is 9.62. The normalized spacial score (nSPS) is 20.9. The van der Waals surface area contributed by atoms with Crippen molar-refractivity contribution >= 4 is 29.4 Å². The summed E-state index contributed by atoms with van der Waals surface area (Å²) in [5.41, 5.74) is 2.90. The number of hydrogen-bond acceptors (Lipinski definition) is 6. The third-order valence-corrected chi connectivity index (χ3v) is 7.32. The van der Waals surface area contributed by atoms with Gasteiger partial charge >= 0.3 is 18.1 Å². The van der Waals surface area contributed by atoms with Crippen LogP contribution in [0.3, 0.4) is 0 Å². The fraction of sp³-hybridized carbons (Fsp3) is 0.545. The van der Waals surface area contributed by atoms with Gasteiger partial charge in [0, 0.05) is 24.0 Å². The first kappa shape index (κ1) is 25.9. The molecule has 34 heavy (non-hydrogen) atoms. The lowest BCUT2D eigenvalue weighted by Gasteiger charge is -2.30. The fourth-order valence-electron chi connectivity index (χ4n) is 4.22. The van der Waals surface area contributed by atoms with Crippen LogP contribution in [0, 0.1) is 0 Å². The van der Waals surface area contributed by atoms with Crippen LogP contribution in [0.4, 0.5) is 18.9 Å². The SMILES string of the molecule is O=C(O)C(F)(F)F.O=C(O)c1[nH]nnc1S[C@H]1CC[C@H](c2ccc(N3CCCCC3)cc2)CC1. The maximum absolute atomic E-state index is 11.2. The van der Waals surface area contributed by atoms with Crippen molar-refractivity contribution in [2.45, 2.75) is 67.3 Å². The molecule has 1 aliphatic heterocycles. The summed E-state index contributed by atoms with van der Waals surface area (Å²) in [6.07, 6.45) is 3.32. The van der Waals surface area contributed by atoms with E-state index in [4.69, 9.17) is 15.0 Å². The molecular weight excluding hydrogens is 473 g/mol. The van der Waals surface area contributed by atoms with Crippen LogP contribution in [-0.2, 0) is 4.79 Å². The van der Waals surface area contributed by atoms with E-state index in [0.29, 0.717) is 16.2 Å². The van der Waals surface area contributed by atoms with Crippen LogP contribution in [0.2, 0.25) is 0 Å². The number of aromatic amines is 1. The quantitative estimate of drug-likeness (QED) is 0.528. The summed E-state index contributed by atoms with van der Waals surface area (Å²) in [7, 11) is 0. The van der Waals surface area contributed by atoms with Gasteiger partial charge in [0.15, 0.2) is 10.7 Å². The van der Waals surface area contributed by atoms with E-state index in [-0.39, 0.29) is 5.69 Å². The molecule has 1 aromatic carbocycles. The number of nitrogens with zero attached hydrogens (tertiary/aromatic N) is 3. The number of thioether (sulfide) groups is 1. The summed E-state index contributed by atoms with van der Waals surface area (Å²) in [6.45, 7) is 2.37. The molecule has 2 aromatic rings. The number of carbonyl (C=O) groups is 2. The fourth-order valence-corrected chi connectivity index (χ4v) is 5.38. The zero-order chi connectivity index (χ0) is 24.7. The molecule has 0 radical (unpaired) electrons. The molecular formula is C22H27F3N4O4S. The molecule has 1 saturated carbocycles. The molecule has 0 bridgehead atoms. The molecule has 2 aliphatic rings. The Kier molecular flexibility index (Phi) is 8.81. The van der Waals surface area contributed by atoms with E-state index in [0.717, 1.165) is 25.7 Å². The smallest absolute Gasteiger partial charge is 0.476 e. The molecule has 2 fully saturated rings. The van der Waals surface area contributed by atoms with E-state index in [1.807, 2.05) is 0 Å². The van der Waals surface area contributed by atoms with Crippen molar-refractivity contribution in [3.63, 3.8) is 0 Å². The van der Waals surface area contributed by atoms with Crippen molar-refractivity contribution in [2.75, 3.05) is 18.0 Å². The summed E-state index contributed by atoms with van der Waals surface area (Å²) < 4.78 is 31.7. The molecule has 3 N–H and O–H groups in total. The highest BCUT2D eigenvalue weighted by atomic mass is 32.2. The number of alkyl halides is 3. The van der Waals surface area contributed by atoms with Crippen LogP contribution in [-0.4, -0.2) is 62.1 Å². The number of rotatable bonds is 5. The van der Waals surface area contributed by atoms with Gasteiger partial charge in [-0.1, -0.05) is 29.1 Å². The van der Waals surface area contributed by atoms with Crippen LogP contribution in [0.1, 0.15) is 66.9 Å². The Hall–Kier alpha value is -2.76. The van der Waals surface area contributed by atoms with E-state index in [1.54, 1.807) is 11.8 Å². The molecule has 12 heteroatoms. The van der Waals surface area contributed by atoms with Crippen LogP contribution in [0.15, 0.2) is 29.3 Å². The molecule has 2 heterocycles. The number of aliphatic carboxylic acids is 1. The second kappa shape index (κ2) is 11.6. The molecule has 0 amide bonds. The van der Waals surface area contributed by atoms with Crippen LogP contribution in [0.25, 0.3) is 0 Å². The van der Waals surface area contributed by atoms with Crippen molar-refractivity contribution in [1.29, 1.82) is 0 Å².